The zero-order valence-electron chi connectivity index (χ0n) is 10.0. The molecule has 7 heteroatoms. The monoisotopic (exact) mass is 402 g/mol. The lowest BCUT2D eigenvalue weighted by atomic mass is 10.2. The Labute approximate surface area is 127 Å². The molecule has 1 atom stereocenters. The molecule has 0 bridgehead atoms. The van der Waals surface area contributed by atoms with E-state index in [0.717, 1.165) is 3.57 Å². The van der Waals surface area contributed by atoms with Crippen LogP contribution in [0.3, 0.4) is 0 Å². The van der Waals surface area contributed by atoms with Gasteiger partial charge in [0.05, 0.1) is 23.3 Å². The Morgan fingerprint density at radius 1 is 1.42 bits per heavy atom. The van der Waals surface area contributed by atoms with Gasteiger partial charge in [-0.15, -0.1) is 11.6 Å². The van der Waals surface area contributed by atoms with Gasteiger partial charge in [0.25, 0.3) is 0 Å². The highest BCUT2D eigenvalue weighted by atomic mass is 127. The van der Waals surface area contributed by atoms with E-state index in [1.54, 1.807) is 10.6 Å². The molecule has 0 fully saturated rings. The van der Waals surface area contributed by atoms with Gasteiger partial charge in [0.15, 0.2) is 0 Å². The number of aromatic nitrogens is 2. The van der Waals surface area contributed by atoms with Crippen molar-refractivity contribution in [3.8, 4) is 0 Å². The predicted molar refractivity (Wildman–Crippen MR) is 77.4 cm³/mol. The molecule has 0 aliphatic heterocycles. The summed E-state index contributed by atoms with van der Waals surface area (Å²) in [5.74, 6) is 0.559. The lowest BCUT2D eigenvalue weighted by Gasteiger charge is -2.18. The van der Waals surface area contributed by atoms with Crippen LogP contribution in [-0.2, 0) is 5.88 Å². The van der Waals surface area contributed by atoms with E-state index in [0.29, 0.717) is 16.9 Å². The van der Waals surface area contributed by atoms with E-state index in [9.17, 15) is 13.2 Å². The molecule has 0 radical (unpaired) electrons. The quantitative estimate of drug-likeness (QED) is 0.528. The third-order valence-electron chi connectivity index (χ3n) is 2.81. The van der Waals surface area contributed by atoms with Crippen LogP contribution in [0, 0.1) is 3.57 Å². The third kappa shape index (κ3) is 3.34. The van der Waals surface area contributed by atoms with Crippen LogP contribution in [0.5, 0.6) is 0 Å². The first-order chi connectivity index (χ1) is 8.81. The number of benzene rings is 1. The number of hydrogen-bond acceptors (Lipinski definition) is 1. The molecule has 19 heavy (non-hydrogen) atoms. The van der Waals surface area contributed by atoms with Gasteiger partial charge >= 0.3 is 6.18 Å². The third-order valence-corrected chi connectivity index (χ3v) is 3.72. The standard InChI is InChI=1S/C12H11ClF3IN2/c1-7(5-12(14,15)16)19-10-3-2-8(17)4-9(10)18-11(19)6-13/h2-4,7H,5-6H2,1H3. The van der Waals surface area contributed by atoms with Crippen molar-refractivity contribution in [3.63, 3.8) is 0 Å². The number of rotatable bonds is 3. The first kappa shape index (κ1) is 14.9. The van der Waals surface area contributed by atoms with Crippen LogP contribution in [0.4, 0.5) is 13.2 Å². The average Bonchev–Trinajstić information content (AvgIpc) is 2.63. The Morgan fingerprint density at radius 2 is 2.11 bits per heavy atom. The van der Waals surface area contributed by atoms with Crippen molar-refractivity contribution < 1.29 is 13.2 Å². The van der Waals surface area contributed by atoms with Gasteiger partial charge in [-0.3, -0.25) is 0 Å². The van der Waals surface area contributed by atoms with Crippen molar-refractivity contribution in [3.05, 3.63) is 27.6 Å². The van der Waals surface area contributed by atoms with Crippen LogP contribution in [0.1, 0.15) is 25.2 Å². The molecule has 0 amide bonds. The largest absolute Gasteiger partial charge is 0.391 e. The van der Waals surface area contributed by atoms with Crippen molar-refractivity contribution in [1.29, 1.82) is 0 Å². The van der Waals surface area contributed by atoms with Crippen molar-refractivity contribution in [2.75, 3.05) is 0 Å². The minimum Gasteiger partial charge on any atom is -0.324 e. The Balaban J connectivity index is 2.51. The second-order valence-electron chi connectivity index (χ2n) is 4.33. The molecule has 0 saturated carbocycles. The first-order valence-corrected chi connectivity index (χ1v) is 7.22. The number of nitrogens with zero attached hydrogens (tertiary/aromatic N) is 2. The molecule has 2 aromatic rings. The Hall–Kier alpha value is -0.500. The number of hydrogen-bond donors (Lipinski definition) is 0. The van der Waals surface area contributed by atoms with Crippen molar-refractivity contribution in [1.82, 2.24) is 9.55 Å². The number of imidazole rings is 1. The van der Waals surface area contributed by atoms with E-state index in [4.69, 9.17) is 11.6 Å². The van der Waals surface area contributed by atoms with Crippen LogP contribution in [0.15, 0.2) is 18.2 Å². The predicted octanol–water partition coefficient (Wildman–Crippen LogP) is 4.89. The maximum absolute atomic E-state index is 12.5. The van der Waals surface area contributed by atoms with Crippen molar-refractivity contribution >= 4 is 45.2 Å². The molecular weight excluding hydrogens is 391 g/mol. The second kappa shape index (κ2) is 5.47. The SMILES string of the molecule is CC(CC(F)(F)F)n1c(CCl)nc2cc(I)ccc21. The summed E-state index contributed by atoms with van der Waals surface area (Å²) in [6, 6.07) is 4.74. The fraction of sp³-hybridized carbons (Fsp3) is 0.417. The molecular formula is C12H11ClF3IN2. The molecule has 0 aliphatic rings. The summed E-state index contributed by atoms with van der Waals surface area (Å²) in [6.45, 7) is 1.53. The molecule has 0 spiro atoms. The normalized spacial score (nSPS) is 14.0. The molecule has 1 aromatic carbocycles. The number of fused-ring (bicyclic) bond motifs is 1. The van der Waals surface area contributed by atoms with Crippen LogP contribution in [0.25, 0.3) is 11.0 Å². The van der Waals surface area contributed by atoms with E-state index >= 15 is 0 Å². The molecule has 2 rings (SSSR count). The molecule has 2 nitrogen and oxygen atoms in total. The summed E-state index contributed by atoms with van der Waals surface area (Å²) in [7, 11) is 0. The van der Waals surface area contributed by atoms with Gasteiger partial charge in [-0.05, 0) is 47.7 Å². The number of halogens is 5. The maximum atomic E-state index is 12.5. The summed E-state index contributed by atoms with van der Waals surface area (Å²) >= 11 is 7.93. The van der Waals surface area contributed by atoms with E-state index in [-0.39, 0.29) is 5.88 Å². The van der Waals surface area contributed by atoms with Gasteiger partial charge in [-0.25, -0.2) is 4.98 Å². The molecule has 1 aromatic heterocycles. The fourth-order valence-electron chi connectivity index (χ4n) is 2.13. The molecule has 104 valence electrons. The summed E-state index contributed by atoms with van der Waals surface area (Å²) in [5.41, 5.74) is 1.37. The van der Waals surface area contributed by atoms with Gasteiger partial charge < -0.3 is 4.57 Å². The highest BCUT2D eigenvalue weighted by Gasteiger charge is 2.32. The minimum atomic E-state index is -4.21. The lowest BCUT2D eigenvalue weighted by molar-refractivity contribution is -0.141. The van der Waals surface area contributed by atoms with Gasteiger partial charge in [-0.1, -0.05) is 0 Å². The van der Waals surface area contributed by atoms with E-state index < -0.39 is 18.6 Å². The summed E-state index contributed by atoms with van der Waals surface area (Å²) < 4.78 is 40.2. The van der Waals surface area contributed by atoms with Gasteiger partial charge in [0.1, 0.15) is 5.82 Å². The Bertz CT molecular complexity index is 594. The van der Waals surface area contributed by atoms with Crippen LogP contribution in [-0.4, -0.2) is 15.7 Å². The Morgan fingerprint density at radius 3 is 2.68 bits per heavy atom. The van der Waals surface area contributed by atoms with Crippen molar-refractivity contribution in [2.24, 2.45) is 0 Å². The average molecular weight is 403 g/mol. The zero-order valence-corrected chi connectivity index (χ0v) is 12.9. The van der Waals surface area contributed by atoms with E-state index in [1.807, 2.05) is 12.1 Å². The molecule has 0 saturated heterocycles. The lowest BCUT2D eigenvalue weighted by Crippen LogP contribution is -2.17. The summed E-state index contributed by atoms with van der Waals surface area (Å²) in [4.78, 5) is 4.30. The molecule has 0 N–H and O–H groups in total. The molecule has 1 unspecified atom stereocenters. The second-order valence-corrected chi connectivity index (χ2v) is 5.85. The summed E-state index contributed by atoms with van der Waals surface area (Å²) in [5, 5.41) is 0. The Kier molecular flexibility index (Phi) is 4.29. The van der Waals surface area contributed by atoms with Crippen molar-refractivity contribution in [2.45, 2.75) is 31.4 Å². The first-order valence-electron chi connectivity index (χ1n) is 5.61. The smallest absolute Gasteiger partial charge is 0.324 e. The van der Waals surface area contributed by atoms with Crippen LogP contribution in [0.2, 0.25) is 0 Å². The topological polar surface area (TPSA) is 17.8 Å². The zero-order chi connectivity index (χ0) is 14.2. The van der Waals surface area contributed by atoms with Gasteiger partial charge in [0.2, 0.25) is 0 Å². The minimum absolute atomic E-state index is 0.0907. The van der Waals surface area contributed by atoms with E-state index in [2.05, 4.69) is 27.6 Å². The van der Waals surface area contributed by atoms with Crippen LogP contribution < -0.4 is 0 Å². The summed E-state index contributed by atoms with van der Waals surface area (Å²) in [6.07, 6.45) is -5.10. The van der Waals surface area contributed by atoms with Gasteiger partial charge in [0, 0.05) is 9.61 Å². The fourth-order valence-corrected chi connectivity index (χ4v) is 2.80. The number of alkyl halides is 4. The highest BCUT2D eigenvalue weighted by Crippen LogP contribution is 2.31. The molecule has 0 aliphatic carbocycles. The molecule has 1 heterocycles. The van der Waals surface area contributed by atoms with E-state index in [1.165, 1.54) is 6.92 Å². The van der Waals surface area contributed by atoms with Gasteiger partial charge in [-0.2, -0.15) is 13.2 Å². The highest BCUT2D eigenvalue weighted by molar-refractivity contribution is 14.1. The van der Waals surface area contributed by atoms with Crippen LogP contribution >= 0.6 is 34.2 Å². The maximum Gasteiger partial charge on any atom is 0.391 e.